The van der Waals surface area contributed by atoms with Crippen molar-refractivity contribution in [3.05, 3.63) is 63.5 Å². The molecule has 0 aliphatic carbocycles. The van der Waals surface area contributed by atoms with Gasteiger partial charge in [-0.1, -0.05) is 25.2 Å². The second-order valence-corrected chi connectivity index (χ2v) is 8.89. The fraction of sp³-hybridized carbons (Fsp3) is 0.440. The van der Waals surface area contributed by atoms with Gasteiger partial charge >= 0.3 is 5.97 Å². The molecule has 0 amide bonds. The molecule has 0 radical (unpaired) electrons. The number of anilines is 2. The molecule has 5 N–H and O–H groups in total. The van der Waals surface area contributed by atoms with Gasteiger partial charge in [-0.3, -0.25) is 0 Å². The summed E-state index contributed by atoms with van der Waals surface area (Å²) in [6, 6.07) is 6.74. The third-order valence-electron chi connectivity index (χ3n) is 5.54. The second kappa shape index (κ2) is 16.1. The summed E-state index contributed by atoms with van der Waals surface area (Å²) in [6.07, 6.45) is 2.47. The molecule has 0 spiro atoms. The Morgan fingerprint density at radius 1 is 1.17 bits per heavy atom. The van der Waals surface area contributed by atoms with E-state index in [2.05, 4.69) is 33.3 Å². The Balaban J connectivity index is 0.000000351. The van der Waals surface area contributed by atoms with Crippen LogP contribution in [0.25, 0.3) is 0 Å². The van der Waals surface area contributed by atoms with Gasteiger partial charge in [0.15, 0.2) is 12.2 Å². The number of aromatic nitrogens is 3. The number of aryl methyl sites for hydroxylation is 1. The molecule has 2 aromatic heterocycles. The Bertz CT molecular complexity index is 1070. The molecule has 0 saturated carbocycles. The molecule has 0 fully saturated rings. The monoisotopic (exact) mass is 536 g/mol. The molecule has 3 rings (SSSR count). The minimum Gasteiger partial charge on any atom is -1.00 e. The Labute approximate surface area is 223 Å². The quantitative estimate of drug-likeness (QED) is 0.177. The maximum atomic E-state index is 11.6. The van der Waals surface area contributed by atoms with Crippen LogP contribution in [0.2, 0.25) is 0 Å². The molecule has 36 heavy (non-hydrogen) atoms. The van der Waals surface area contributed by atoms with Gasteiger partial charge < -0.3 is 38.6 Å². The summed E-state index contributed by atoms with van der Waals surface area (Å²) >= 11 is 1.65. The topological polar surface area (TPSA) is 131 Å². The van der Waals surface area contributed by atoms with E-state index in [4.69, 9.17) is 21.3 Å². The first-order chi connectivity index (χ1) is 16.8. The highest BCUT2D eigenvalue weighted by molar-refractivity contribution is 7.09. The number of ether oxygens (including phenoxy) is 1. The van der Waals surface area contributed by atoms with E-state index in [1.165, 1.54) is 4.88 Å². The van der Waals surface area contributed by atoms with E-state index in [-0.39, 0.29) is 25.0 Å². The van der Waals surface area contributed by atoms with Crippen molar-refractivity contribution in [2.24, 2.45) is 0 Å². The van der Waals surface area contributed by atoms with E-state index in [0.29, 0.717) is 42.5 Å². The van der Waals surface area contributed by atoms with Crippen LogP contribution in [0.4, 0.5) is 11.5 Å². The molecule has 2 heterocycles. The van der Waals surface area contributed by atoms with Crippen molar-refractivity contribution in [3.63, 3.8) is 0 Å². The van der Waals surface area contributed by atoms with Crippen LogP contribution >= 0.6 is 11.3 Å². The van der Waals surface area contributed by atoms with E-state index < -0.39 is 0 Å². The van der Waals surface area contributed by atoms with Crippen LogP contribution in [0.1, 0.15) is 46.2 Å². The highest BCUT2D eigenvalue weighted by atomic mass is 35.5. The number of nitrogen functional groups attached to an aromatic ring is 2. The van der Waals surface area contributed by atoms with Crippen molar-refractivity contribution in [3.8, 4) is 0 Å². The normalized spacial score (nSPS) is 10.4. The maximum Gasteiger partial charge on any atom is 0.338 e. The number of carbonyl (C=O) groups excluding carboxylic acids is 1. The van der Waals surface area contributed by atoms with Crippen LogP contribution in [-0.2, 0) is 17.7 Å². The third kappa shape index (κ3) is 9.69. The van der Waals surface area contributed by atoms with Crippen molar-refractivity contribution in [2.45, 2.75) is 40.7 Å². The lowest BCUT2D eigenvalue weighted by Gasteiger charge is -2.17. The first-order valence-electron chi connectivity index (χ1n) is 11.7. The number of nitrogens with two attached hydrogens (primary N) is 2. The van der Waals surface area contributed by atoms with Crippen LogP contribution in [-0.4, -0.2) is 58.8 Å². The number of esters is 1. The van der Waals surface area contributed by atoms with Crippen molar-refractivity contribution in [2.75, 3.05) is 44.3 Å². The number of aliphatic hydroxyl groups excluding tert-OH is 1. The van der Waals surface area contributed by atoms with Gasteiger partial charge in [-0.2, -0.15) is 4.57 Å². The molecule has 0 atom stereocenters. The van der Waals surface area contributed by atoms with Gasteiger partial charge in [0, 0.05) is 38.4 Å². The fourth-order valence-electron chi connectivity index (χ4n) is 3.28. The van der Waals surface area contributed by atoms with Crippen LogP contribution in [0.15, 0.2) is 36.0 Å². The lowest BCUT2D eigenvalue weighted by molar-refractivity contribution is -0.689. The molecule has 0 aliphatic heterocycles. The number of halogens is 1. The molecule has 9 nitrogen and oxygen atoms in total. The number of likely N-dealkylation sites (N-methyl/N-ethyl adjacent to an activating group) is 1. The van der Waals surface area contributed by atoms with E-state index in [9.17, 15) is 4.79 Å². The number of hydrogen-bond donors (Lipinski definition) is 3. The van der Waals surface area contributed by atoms with Gasteiger partial charge in [-0.25, -0.2) is 14.8 Å². The predicted octanol–water partition coefficient (Wildman–Crippen LogP) is -0.621. The van der Waals surface area contributed by atoms with Crippen molar-refractivity contribution in [1.82, 2.24) is 14.9 Å². The molecular formula is C25H37ClN6O3S. The molecule has 0 aliphatic rings. The molecular weight excluding hydrogens is 500 g/mol. The number of rotatable bonds is 10. The Hall–Kier alpha value is -2.79. The number of benzene rings is 1. The number of hydrogen-bond acceptors (Lipinski definition) is 9. The predicted molar refractivity (Wildman–Crippen MR) is 139 cm³/mol. The zero-order valence-corrected chi connectivity index (χ0v) is 23.0. The molecule has 0 bridgehead atoms. The van der Waals surface area contributed by atoms with Gasteiger partial charge in [0.25, 0.3) is 0 Å². The molecule has 198 valence electrons. The summed E-state index contributed by atoms with van der Waals surface area (Å²) in [5.74, 6) is 0.922. The first kappa shape index (κ1) is 31.2. The lowest BCUT2D eigenvalue weighted by Crippen LogP contribution is -3.00. The van der Waals surface area contributed by atoms with Crippen LogP contribution in [0.5, 0.6) is 0 Å². The summed E-state index contributed by atoms with van der Waals surface area (Å²) in [4.78, 5) is 23.4. The Morgan fingerprint density at radius 2 is 1.83 bits per heavy atom. The van der Waals surface area contributed by atoms with E-state index in [1.807, 2.05) is 19.4 Å². The van der Waals surface area contributed by atoms with Crippen LogP contribution in [0, 0.1) is 13.8 Å². The standard InChI is InChI=1S/C13H20N2O2.C12H17N4OS.ClH/c1-3-15(4-2)9-10-17-13(16)11-5-7-12(14)8-6-11;1-8-11(3-4-17)18-7-16(8)6-10-5-14-9(2)15-12(10)13;/h5-8H,3-4,9-10,14H2,1-2H3;5,7,17H,3-4,6H2,1-2H3,(H2,13,14,15);1H/q;+1;/p-1. The Morgan fingerprint density at radius 3 is 2.42 bits per heavy atom. The second-order valence-electron chi connectivity index (χ2n) is 7.95. The van der Waals surface area contributed by atoms with E-state index >= 15 is 0 Å². The van der Waals surface area contributed by atoms with Crippen molar-refractivity contribution in [1.29, 1.82) is 0 Å². The average Bonchev–Trinajstić information content (AvgIpc) is 3.18. The minimum atomic E-state index is -0.294. The van der Waals surface area contributed by atoms with Crippen molar-refractivity contribution >= 4 is 28.8 Å². The zero-order chi connectivity index (χ0) is 25.8. The molecule has 11 heteroatoms. The average molecular weight is 537 g/mol. The van der Waals surface area contributed by atoms with Gasteiger partial charge in [-0.15, -0.1) is 0 Å². The largest absolute Gasteiger partial charge is 1.00 e. The number of carbonyl (C=O) groups is 1. The highest BCUT2D eigenvalue weighted by Gasteiger charge is 2.17. The van der Waals surface area contributed by atoms with Gasteiger partial charge in [-0.05, 0) is 44.3 Å². The van der Waals surface area contributed by atoms with Crippen LogP contribution in [0.3, 0.4) is 0 Å². The molecule has 3 aromatic rings. The molecule has 1 aromatic carbocycles. The molecule has 0 saturated heterocycles. The zero-order valence-electron chi connectivity index (χ0n) is 21.4. The summed E-state index contributed by atoms with van der Waals surface area (Å²) in [7, 11) is 0. The van der Waals surface area contributed by atoms with E-state index in [0.717, 1.165) is 30.9 Å². The number of nitrogens with zero attached hydrogens (tertiary/aromatic N) is 4. The summed E-state index contributed by atoms with van der Waals surface area (Å²) in [6.45, 7) is 12.0. The summed E-state index contributed by atoms with van der Waals surface area (Å²) in [5, 5.41) is 8.98. The van der Waals surface area contributed by atoms with Crippen LogP contribution < -0.4 is 28.4 Å². The number of thiazole rings is 1. The third-order valence-corrected chi connectivity index (χ3v) is 6.68. The van der Waals surface area contributed by atoms with Gasteiger partial charge in [0.2, 0.25) is 5.51 Å². The summed E-state index contributed by atoms with van der Waals surface area (Å²) < 4.78 is 7.29. The fourth-order valence-corrected chi connectivity index (χ4v) is 4.26. The minimum absolute atomic E-state index is 0. The SMILES string of the molecule is CCN(CC)CCOC(=O)c1ccc(N)cc1.Cc1ncc(C[n+]2csc(CCO)c2C)c(N)n1.[Cl-]. The number of aliphatic hydroxyl groups is 1. The maximum absolute atomic E-state index is 11.6. The van der Waals surface area contributed by atoms with Gasteiger partial charge in [0.05, 0.1) is 16.0 Å². The summed E-state index contributed by atoms with van der Waals surface area (Å²) in [5.41, 5.74) is 16.7. The Kier molecular flexibility index (Phi) is 13.9. The molecule has 0 unspecified atom stereocenters. The highest BCUT2D eigenvalue weighted by Crippen LogP contribution is 2.13. The van der Waals surface area contributed by atoms with E-state index in [1.54, 1.807) is 41.8 Å². The smallest absolute Gasteiger partial charge is 0.338 e. The lowest BCUT2D eigenvalue weighted by atomic mass is 10.2. The van der Waals surface area contributed by atoms with Crippen molar-refractivity contribution < 1.29 is 31.6 Å². The first-order valence-corrected chi connectivity index (χ1v) is 12.6. The van der Waals surface area contributed by atoms with Gasteiger partial charge in [0.1, 0.15) is 18.2 Å².